The summed E-state index contributed by atoms with van der Waals surface area (Å²) >= 11 is 0. The van der Waals surface area contributed by atoms with Crippen LogP contribution in [0.25, 0.3) is 11.0 Å². The van der Waals surface area contributed by atoms with Gasteiger partial charge in [0.15, 0.2) is 17.3 Å². The normalized spacial score (nSPS) is 14.8. The fraction of sp³-hybridized carbons (Fsp3) is 0.417. The zero-order chi connectivity index (χ0) is 27.7. The van der Waals surface area contributed by atoms with E-state index in [9.17, 15) is 17.6 Å². The van der Waals surface area contributed by atoms with E-state index < -0.39 is 26.5 Å². The first-order valence-electron chi connectivity index (χ1n) is 12.4. The SMILES string of the molecule is CC(C)c1noc(N2CCC(Oc3ncnc4c3cnn4CCC(=O)c3ccc(S(N)(=O)=O)cc3F)CC2)n1. The van der Waals surface area contributed by atoms with Crippen LogP contribution in [0, 0.1) is 5.82 Å². The number of primary sulfonamides is 1. The lowest BCUT2D eigenvalue weighted by molar-refractivity contribution is 0.0972. The molecule has 0 bridgehead atoms. The maximum atomic E-state index is 14.4. The molecule has 0 unspecified atom stereocenters. The molecule has 0 saturated carbocycles. The Labute approximate surface area is 223 Å². The van der Waals surface area contributed by atoms with Crippen LogP contribution in [0.1, 0.15) is 55.2 Å². The molecule has 4 heterocycles. The van der Waals surface area contributed by atoms with Crippen molar-refractivity contribution < 1.29 is 26.9 Å². The highest BCUT2D eigenvalue weighted by atomic mass is 32.2. The van der Waals surface area contributed by atoms with Crippen molar-refractivity contribution in [2.24, 2.45) is 5.14 Å². The predicted molar refractivity (Wildman–Crippen MR) is 136 cm³/mol. The van der Waals surface area contributed by atoms with Crippen LogP contribution in [-0.4, -0.2) is 63.3 Å². The number of aryl methyl sites for hydroxylation is 1. The van der Waals surface area contributed by atoms with Crippen LogP contribution in [0.4, 0.5) is 10.4 Å². The lowest BCUT2D eigenvalue weighted by atomic mass is 10.1. The van der Waals surface area contributed by atoms with Crippen molar-refractivity contribution in [3.8, 4) is 5.88 Å². The molecule has 1 saturated heterocycles. The summed E-state index contributed by atoms with van der Waals surface area (Å²) in [4.78, 5) is 27.3. The fourth-order valence-electron chi connectivity index (χ4n) is 4.28. The Morgan fingerprint density at radius 2 is 2.03 bits per heavy atom. The highest BCUT2D eigenvalue weighted by molar-refractivity contribution is 7.89. The van der Waals surface area contributed by atoms with E-state index in [1.54, 1.807) is 6.20 Å². The molecule has 4 aromatic rings. The maximum Gasteiger partial charge on any atom is 0.324 e. The molecule has 0 atom stereocenters. The number of carbonyl (C=O) groups is 1. The Bertz CT molecular complexity index is 1610. The van der Waals surface area contributed by atoms with Crippen molar-refractivity contribution in [2.45, 2.75) is 56.6 Å². The molecule has 1 aromatic carbocycles. The Balaban J connectivity index is 1.21. The smallest absolute Gasteiger partial charge is 0.324 e. The Morgan fingerprint density at radius 1 is 1.26 bits per heavy atom. The van der Waals surface area contributed by atoms with Gasteiger partial charge in [0.25, 0.3) is 0 Å². The second-order valence-electron chi connectivity index (χ2n) is 9.54. The summed E-state index contributed by atoms with van der Waals surface area (Å²) in [5, 5.41) is 13.9. The van der Waals surface area contributed by atoms with E-state index >= 15 is 0 Å². The quantitative estimate of drug-likeness (QED) is 0.299. The topological polar surface area (TPSA) is 172 Å². The molecule has 206 valence electrons. The molecule has 1 fully saturated rings. The number of ketones is 1. The lowest BCUT2D eigenvalue weighted by Crippen LogP contribution is -2.38. The van der Waals surface area contributed by atoms with Gasteiger partial charge in [-0.05, 0) is 18.2 Å². The van der Waals surface area contributed by atoms with Gasteiger partial charge in [-0.15, -0.1) is 0 Å². The average Bonchev–Trinajstić information content (AvgIpc) is 3.56. The largest absolute Gasteiger partial charge is 0.474 e. The number of benzene rings is 1. The second kappa shape index (κ2) is 10.6. The van der Waals surface area contributed by atoms with Gasteiger partial charge in [0, 0.05) is 38.3 Å². The van der Waals surface area contributed by atoms with Crippen LogP contribution in [0.15, 0.2) is 40.1 Å². The molecule has 0 spiro atoms. The standard InChI is InChI=1S/C24H27FN8O5S/c1-14(2)21-30-24(38-31-21)32-8-5-15(6-9-32)37-23-18-12-29-33(22(18)27-13-28-23)10-7-20(34)17-4-3-16(11-19(17)25)39(26,35)36/h3-4,11-15H,5-10H2,1-2H3,(H2,26,35,36). The number of hydrogen-bond acceptors (Lipinski definition) is 11. The van der Waals surface area contributed by atoms with Crippen LogP contribution in [0.3, 0.4) is 0 Å². The molecule has 1 aliphatic rings. The maximum absolute atomic E-state index is 14.4. The minimum atomic E-state index is -4.08. The van der Waals surface area contributed by atoms with Crippen LogP contribution in [0.2, 0.25) is 0 Å². The van der Waals surface area contributed by atoms with Crippen LogP contribution in [0.5, 0.6) is 5.88 Å². The highest BCUT2D eigenvalue weighted by Crippen LogP contribution is 2.27. The Kier molecular flexibility index (Phi) is 7.27. The van der Waals surface area contributed by atoms with E-state index in [-0.39, 0.29) is 30.6 Å². The predicted octanol–water partition coefficient (Wildman–Crippen LogP) is 2.44. The summed E-state index contributed by atoms with van der Waals surface area (Å²) in [6.07, 6.45) is 4.21. The fourth-order valence-corrected chi connectivity index (χ4v) is 4.81. The van der Waals surface area contributed by atoms with E-state index in [1.165, 1.54) is 11.0 Å². The molecular formula is C24H27FN8O5S. The molecule has 13 nitrogen and oxygen atoms in total. The van der Waals surface area contributed by atoms with Crippen LogP contribution >= 0.6 is 0 Å². The number of aromatic nitrogens is 6. The van der Waals surface area contributed by atoms with Crippen molar-refractivity contribution >= 4 is 32.9 Å². The first-order valence-corrected chi connectivity index (χ1v) is 13.9. The van der Waals surface area contributed by atoms with Crippen molar-refractivity contribution in [2.75, 3.05) is 18.0 Å². The van der Waals surface area contributed by atoms with E-state index in [0.717, 1.165) is 31.0 Å². The summed E-state index contributed by atoms with van der Waals surface area (Å²) in [5.41, 5.74) is 0.243. The van der Waals surface area contributed by atoms with Gasteiger partial charge in [-0.3, -0.25) is 4.79 Å². The van der Waals surface area contributed by atoms with Gasteiger partial charge >= 0.3 is 6.01 Å². The lowest BCUT2D eigenvalue weighted by Gasteiger charge is -2.30. The summed E-state index contributed by atoms with van der Waals surface area (Å²) < 4.78 is 50.3. The van der Waals surface area contributed by atoms with Gasteiger partial charge in [-0.2, -0.15) is 10.1 Å². The summed E-state index contributed by atoms with van der Waals surface area (Å²) in [6, 6.07) is 3.46. The number of rotatable bonds is 9. The van der Waals surface area contributed by atoms with Crippen LogP contribution < -0.4 is 14.8 Å². The number of nitrogens with zero attached hydrogens (tertiary/aromatic N) is 7. The van der Waals surface area contributed by atoms with Gasteiger partial charge < -0.3 is 14.2 Å². The molecule has 15 heteroatoms. The van der Waals surface area contributed by atoms with Gasteiger partial charge in [0.2, 0.25) is 15.9 Å². The van der Waals surface area contributed by atoms with Crippen molar-refractivity contribution in [3.05, 3.63) is 47.9 Å². The first kappa shape index (κ1) is 26.6. The van der Waals surface area contributed by atoms with Gasteiger partial charge in [0.1, 0.15) is 23.6 Å². The molecule has 0 amide bonds. The van der Waals surface area contributed by atoms with E-state index in [0.29, 0.717) is 41.8 Å². The van der Waals surface area contributed by atoms with Gasteiger partial charge in [0.05, 0.1) is 23.2 Å². The van der Waals surface area contributed by atoms with E-state index in [4.69, 9.17) is 14.4 Å². The van der Waals surface area contributed by atoms with Gasteiger partial charge in [-0.25, -0.2) is 32.6 Å². The number of sulfonamides is 1. The van der Waals surface area contributed by atoms with Gasteiger partial charge in [-0.1, -0.05) is 19.0 Å². The Morgan fingerprint density at radius 3 is 2.69 bits per heavy atom. The summed E-state index contributed by atoms with van der Waals surface area (Å²) in [7, 11) is -4.08. The number of halogens is 1. The average molecular weight is 559 g/mol. The highest BCUT2D eigenvalue weighted by Gasteiger charge is 2.26. The number of anilines is 1. The zero-order valence-electron chi connectivity index (χ0n) is 21.3. The zero-order valence-corrected chi connectivity index (χ0v) is 22.1. The molecule has 5 rings (SSSR count). The van der Waals surface area contributed by atoms with E-state index in [2.05, 4.69) is 25.2 Å². The number of ether oxygens (including phenoxy) is 1. The first-order chi connectivity index (χ1) is 18.6. The van der Waals surface area contributed by atoms with Crippen molar-refractivity contribution in [1.82, 2.24) is 29.9 Å². The molecule has 2 N–H and O–H groups in total. The molecule has 1 aliphatic heterocycles. The van der Waals surface area contributed by atoms with Crippen molar-refractivity contribution in [3.63, 3.8) is 0 Å². The summed E-state index contributed by atoms with van der Waals surface area (Å²) in [6.45, 7) is 5.52. The minimum Gasteiger partial charge on any atom is -0.474 e. The number of Topliss-reactive ketones (excluding diaryl/α,β-unsaturated/α-hetero) is 1. The monoisotopic (exact) mass is 558 g/mol. The molecule has 39 heavy (non-hydrogen) atoms. The number of fused-ring (bicyclic) bond motifs is 1. The number of piperidine rings is 1. The number of nitrogens with two attached hydrogens (primary N) is 1. The van der Waals surface area contributed by atoms with E-state index in [1.807, 2.05) is 18.7 Å². The number of hydrogen-bond donors (Lipinski definition) is 1. The molecule has 0 aliphatic carbocycles. The molecular weight excluding hydrogens is 531 g/mol. The van der Waals surface area contributed by atoms with Crippen molar-refractivity contribution in [1.29, 1.82) is 0 Å². The molecule has 3 aromatic heterocycles. The summed E-state index contributed by atoms with van der Waals surface area (Å²) in [5.74, 6) is -0.222. The Hall–Kier alpha value is -3.98. The third-order valence-corrected chi connectivity index (χ3v) is 7.37. The number of carbonyl (C=O) groups excluding carboxylic acids is 1. The third kappa shape index (κ3) is 5.73. The van der Waals surface area contributed by atoms with Crippen LogP contribution in [-0.2, 0) is 16.6 Å². The second-order valence-corrected chi connectivity index (χ2v) is 11.1. The minimum absolute atomic E-state index is 0.0833. The third-order valence-electron chi connectivity index (χ3n) is 6.46. The molecule has 0 radical (unpaired) electrons.